The van der Waals surface area contributed by atoms with Gasteiger partial charge in [-0.1, -0.05) is 6.07 Å². The van der Waals surface area contributed by atoms with Gasteiger partial charge in [0.05, 0.1) is 0 Å². The molecule has 0 amide bonds. The molecule has 1 unspecified atom stereocenters. The molecule has 66 valence electrons. The number of nitrogens with two attached hydrogens (primary N) is 1. The zero-order chi connectivity index (χ0) is 8.97. The van der Waals surface area contributed by atoms with Gasteiger partial charge in [-0.2, -0.15) is 0 Å². The van der Waals surface area contributed by atoms with Gasteiger partial charge >= 0.3 is 0 Å². The Morgan fingerprint density at radius 1 is 1.50 bits per heavy atom. The topological polar surface area (TPSA) is 38.9 Å². The van der Waals surface area contributed by atoms with Crippen molar-refractivity contribution in [3.05, 3.63) is 29.6 Å². The molecule has 0 bridgehead atoms. The van der Waals surface area contributed by atoms with Gasteiger partial charge < -0.3 is 5.73 Å². The molecule has 0 aromatic carbocycles. The Hall–Kier alpha value is -0.890. The molecule has 0 aliphatic rings. The van der Waals surface area contributed by atoms with Crippen molar-refractivity contribution in [2.45, 2.75) is 32.7 Å². The van der Waals surface area contributed by atoms with Crippen LogP contribution in [0.15, 0.2) is 18.3 Å². The van der Waals surface area contributed by atoms with E-state index in [4.69, 9.17) is 5.73 Å². The molecule has 0 aliphatic carbocycles. The van der Waals surface area contributed by atoms with Crippen LogP contribution in [0, 0.1) is 6.92 Å². The van der Waals surface area contributed by atoms with E-state index in [2.05, 4.69) is 11.1 Å². The largest absolute Gasteiger partial charge is 0.328 e. The fraction of sp³-hybridized carbons (Fsp3) is 0.500. The molecule has 12 heavy (non-hydrogen) atoms. The average Bonchev–Trinajstić information content (AvgIpc) is 2.03. The second-order valence-electron chi connectivity index (χ2n) is 3.32. The Kier molecular flexibility index (Phi) is 3.23. The average molecular weight is 164 g/mol. The summed E-state index contributed by atoms with van der Waals surface area (Å²) < 4.78 is 0. The maximum atomic E-state index is 5.65. The van der Waals surface area contributed by atoms with E-state index in [1.54, 1.807) is 0 Å². The van der Waals surface area contributed by atoms with Crippen molar-refractivity contribution in [1.29, 1.82) is 0 Å². The van der Waals surface area contributed by atoms with Crippen LogP contribution >= 0.6 is 0 Å². The third kappa shape index (κ3) is 3.01. The summed E-state index contributed by atoms with van der Waals surface area (Å²) >= 11 is 0. The highest BCUT2D eigenvalue weighted by Crippen LogP contribution is 2.03. The standard InChI is InChI=1S/C10H16N2/c1-8(11)3-5-10-6-4-9(2)12-7-10/h4,6-8H,3,5,11H2,1-2H3. The van der Waals surface area contributed by atoms with Gasteiger partial charge in [-0.05, 0) is 38.3 Å². The summed E-state index contributed by atoms with van der Waals surface area (Å²) in [6, 6.07) is 4.44. The maximum Gasteiger partial charge on any atom is 0.0372 e. The van der Waals surface area contributed by atoms with E-state index in [1.807, 2.05) is 26.1 Å². The second-order valence-corrected chi connectivity index (χ2v) is 3.32. The summed E-state index contributed by atoms with van der Waals surface area (Å²) in [4.78, 5) is 4.22. The number of hydrogen-bond acceptors (Lipinski definition) is 2. The number of nitrogens with zero attached hydrogens (tertiary/aromatic N) is 1. The van der Waals surface area contributed by atoms with Crippen LogP contribution in [0.2, 0.25) is 0 Å². The van der Waals surface area contributed by atoms with Crippen LogP contribution in [-0.4, -0.2) is 11.0 Å². The minimum atomic E-state index is 0.284. The van der Waals surface area contributed by atoms with E-state index in [1.165, 1.54) is 5.56 Å². The van der Waals surface area contributed by atoms with Crippen LogP contribution < -0.4 is 5.73 Å². The first-order valence-corrected chi connectivity index (χ1v) is 4.35. The van der Waals surface area contributed by atoms with Crippen molar-refractivity contribution >= 4 is 0 Å². The first-order chi connectivity index (χ1) is 5.68. The van der Waals surface area contributed by atoms with Gasteiger partial charge in [0.15, 0.2) is 0 Å². The Morgan fingerprint density at radius 3 is 2.75 bits per heavy atom. The summed E-state index contributed by atoms with van der Waals surface area (Å²) in [5, 5.41) is 0. The molecule has 1 atom stereocenters. The van der Waals surface area contributed by atoms with E-state index < -0.39 is 0 Å². The Labute approximate surface area is 73.8 Å². The lowest BCUT2D eigenvalue weighted by atomic mass is 10.1. The fourth-order valence-corrected chi connectivity index (χ4v) is 1.04. The van der Waals surface area contributed by atoms with E-state index in [9.17, 15) is 0 Å². The predicted octanol–water partition coefficient (Wildman–Crippen LogP) is 1.67. The van der Waals surface area contributed by atoms with Gasteiger partial charge in [0.1, 0.15) is 0 Å². The van der Waals surface area contributed by atoms with Crippen LogP contribution in [0.3, 0.4) is 0 Å². The van der Waals surface area contributed by atoms with Crippen LogP contribution in [0.25, 0.3) is 0 Å². The highest BCUT2D eigenvalue weighted by Gasteiger charge is 1.96. The summed E-state index contributed by atoms with van der Waals surface area (Å²) in [6.45, 7) is 4.02. The number of aromatic nitrogens is 1. The molecule has 0 fully saturated rings. The van der Waals surface area contributed by atoms with Crippen molar-refractivity contribution < 1.29 is 0 Å². The van der Waals surface area contributed by atoms with Crippen molar-refractivity contribution in [1.82, 2.24) is 4.98 Å². The highest BCUT2D eigenvalue weighted by molar-refractivity contribution is 5.13. The zero-order valence-electron chi connectivity index (χ0n) is 7.75. The van der Waals surface area contributed by atoms with Gasteiger partial charge in [0.2, 0.25) is 0 Å². The molecular formula is C10H16N2. The third-order valence-electron chi connectivity index (χ3n) is 1.86. The first kappa shape index (κ1) is 9.20. The van der Waals surface area contributed by atoms with Gasteiger partial charge in [0.25, 0.3) is 0 Å². The summed E-state index contributed by atoms with van der Waals surface area (Å²) in [5.41, 5.74) is 7.99. The van der Waals surface area contributed by atoms with Gasteiger partial charge in [0, 0.05) is 17.9 Å². The van der Waals surface area contributed by atoms with Crippen molar-refractivity contribution in [2.24, 2.45) is 5.73 Å². The fourth-order valence-electron chi connectivity index (χ4n) is 1.04. The lowest BCUT2D eigenvalue weighted by Gasteiger charge is -2.04. The molecule has 1 aromatic heterocycles. The summed E-state index contributed by atoms with van der Waals surface area (Å²) in [7, 11) is 0. The maximum absolute atomic E-state index is 5.65. The normalized spacial score (nSPS) is 12.9. The highest BCUT2D eigenvalue weighted by atomic mass is 14.7. The van der Waals surface area contributed by atoms with Crippen molar-refractivity contribution in [3.63, 3.8) is 0 Å². The lowest BCUT2D eigenvalue weighted by Crippen LogP contribution is -2.15. The van der Waals surface area contributed by atoms with E-state index >= 15 is 0 Å². The Morgan fingerprint density at radius 2 is 2.25 bits per heavy atom. The Bertz CT molecular complexity index is 226. The molecule has 0 radical (unpaired) electrons. The number of pyridine rings is 1. The molecule has 0 saturated heterocycles. The summed E-state index contributed by atoms with van der Waals surface area (Å²) in [6.07, 6.45) is 3.99. The van der Waals surface area contributed by atoms with Crippen LogP contribution in [-0.2, 0) is 6.42 Å². The van der Waals surface area contributed by atoms with Crippen LogP contribution in [0.5, 0.6) is 0 Å². The number of aryl methyl sites for hydroxylation is 2. The third-order valence-corrected chi connectivity index (χ3v) is 1.86. The zero-order valence-corrected chi connectivity index (χ0v) is 7.75. The molecule has 2 heteroatoms. The number of hydrogen-bond donors (Lipinski definition) is 1. The van der Waals surface area contributed by atoms with E-state index in [-0.39, 0.29) is 6.04 Å². The smallest absolute Gasteiger partial charge is 0.0372 e. The minimum absolute atomic E-state index is 0.284. The van der Waals surface area contributed by atoms with Gasteiger partial charge in [-0.25, -0.2) is 0 Å². The minimum Gasteiger partial charge on any atom is -0.328 e. The second kappa shape index (κ2) is 4.21. The van der Waals surface area contributed by atoms with Crippen LogP contribution in [0.4, 0.5) is 0 Å². The molecule has 1 rings (SSSR count). The predicted molar refractivity (Wildman–Crippen MR) is 50.9 cm³/mol. The molecule has 0 spiro atoms. The van der Waals surface area contributed by atoms with Gasteiger partial charge in [-0.15, -0.1) is 0 Å². The number of rotatable bonds is 3. The molecule has 1 heterocycles. The van der Waals surface area contributed by atoms with Crippen molar-refractivity contribution in [3.8, 4) is 0 Å². The molecule has 0 saturated carbocycles. The molecule has 2 N–H and O–H groups in total. The van der Waals surface area contributed by atoms with Gasteiger partial charge in [-0.3, -0.25) is 4.98 Å². The molecule has 2 nitrogen and oxygen atoms in total. The molecule has 0 aliphatic heterocycles. The van der Waals surface area contributed by atoms with E-state index in [0.717, 1.165) is 18.5 Å². The van der Waals surface area contributed by atoms with Crippen LogP contribution in [0.1, 0.15) is 24.6 Å². The van der Waals surface area contributed by atoms with Crippen molar-refractivity contribution in [2.75, 3.05) is 0 Å². The SMILES string of the molecule is Cc1ccc(CCC(C)N)cn1. The Balaban J connectivity index is 2.48. The quantitative estimate of drug-likeness (QED) is 0.738. The van der Waals surface area contributed by atoms with E-state index in [0.29, 0.717) is 0 Å². The molecular weight excluding hydrogens is 148 g/mol. The lowest BCUT2D eigenvalue weighted by molar-refractivity contribution is 0.665. The molecule has 1 aromatic rings. The first-order valence-electron chi connectivity index (χ1n) is 4.35. The summed E-state index contributed by atoms with van der Waals surface area (Å²) in [5.74, 6) is 0. The monoisotopic (exact) mass is 164 g/mol.